The van der Waals surface area contributed by atoms with Crippen molar-refractivity contribution < 1.29 is 14.1 Å². The molecule has 1 saturated heterocycles. The fourth-order valence-electron chi connectivity index (χ4n) is 1.66. The third-order valence-electron chi connectivity index (χ3n) is 2.55. The number of aliphatic imine (C=N–C) groups is 1. The first-order valence-corrected chi connectivity index (χ1v) is 5.21. The summed E-state index contributed by atoms with van der Waals surface area (Å²) in [5.74, 6) is 0.634. The summed E-state index contributed by atoms with van der Waals surface area (Å²) >= 11 is 0. The highest BCUT2D eigenvalue weighted by Crippen LogP contribution is 2.18. The van der Waals surface area contributed by atoms with Gasteiger partial charge in [-0.25, -0.2) is 4.79 Å². The molecule has 0 amide bonds. The highest BCUT2D eigenvalue weighted by molar-refractivity contribution is 5.49. The van der Waals surface area contributed by atoms with Crippen LogP contribution in [0.4, 0.5) is 5.69 Å². The molecule has 1 fully saturated rings. The molecule has 0 unspecified atom stereocenters. The Balaban J connectivity index is 1.88. The summed E-state index contributed by atoms with van der Waals surface area (Å²) in [5.41, 5.74) is 0.475. The topological polar surface area (TPSA) is 67.9 Å². The quantitative estimate of drug-likeness (QED) is 0.549. The van der Waals surface area contributed by atoms with Crippen molar-refractivity contribution in [1.29, 1.82) is 0 Å². The minimum atomic E-state index is 0.475. The van der Waals surface area contributed by atoms with E-state index in [9.17, 15) is 4.79 Å². The van der Waals surface area contributed by atoms with Crippen LogP contribution < -0.4 is 0 Å². The number of hydrogen-bond donors (Lipinski definition) is 0. The highest BCUT2D eigenvalue weighted by atomic mass is 16.5. The van der Waals surface area contributed by atoms with Crippen molar-refractivity contribution in [3.8, 4) is 0 Å². The molecule has 2 heterocycles. The second kappa shape index (κ2) is 5.55. The number of hydrogen-bond acceptors (Lipinski definition) is 6. The van der Waals surface area contributed by atoms with Crippen molar-refractivity contribution in [2.75, 3.05) is 32.8 Å². The van der Waals surface area contributed by atoms with Crippen LogP contribution >= 0.6 is 0 Å². The van der Waals surface area contributed by atoms with E-state index in [1.165, 1.54) is 12.3 Å². The summed E-state index contributed by atoms with van der Waals surface area (Å²) in [4.78, 5) is 15.9. The lowest BCUT2D eigenvalue weighted by atomic mass is 10.2. The molecule has 0 spiro atoms. The summed E-state index contributed by atoms with van der Waals surface area (Å²) in [6.45, 7) is 4.27. The molecule has 16 heavy (non-hydrogen) atoms. The number of isocyanates is 1. The molecular formula is C10H13N3O3. The molecule has 0 saturated carbocycles. The smallest absolute Gasteiger partial charge is 0.240 e. The number of aromatic nitrogens is 1. The summed E-state index contributed by atoms with van der Waals surface area (Å²) in [7, 11) is 0. The second-order valence-electron chi connectivity index (χ2n) is 3.54. The maximum absolute atomic E-state index is 10.1. The van der Waals surface area contributed by atoms with Crippen molar-refractivity contribution in [1.82, 2.24) is 10.1 Å². The maximum Gasteiger partial charge on any atom is 0.240 e. The summed E-state index contributed by atoms with van der Waals surface area (Å²) in [6.07, 6.45) is 3.61. The minimum Gasteiger partial charge on any atom is -0.379 e. The lowest BCUT2D eigenvalue weighted by Crippen LogP contribution is -2.37. The van der Waals surface area contributed by atoms with Gasteiger partial charge in [-0.05, 0) is 0 Å². The van der Waals surface area contributed by atoms with E-state index in [0.29, 0.717) is 17.9 Å². The van der Waals surface area contributed by atoms with Gasteiger partial charge in [0.15, 0.2) is 5.76 Å². The van der Waals surface area contributed by atoms with Gasteiger partial charge in [-0.2, -0.15) is 4.99 Å². The third-order valence-corrected chi connectivity index (χ3v) is 2.55. The fourth-order valence-corrected chi connectivity index (χ4v) is 1.66. The van der Waals surface area contributed by atoms with Crippen LogP contribution in [0.25, 0.3) is 0 Å². The SMILES string of the molecule is O=C=Nc1cnoc1CCN1CCOCC1. The van der Waals surface area contributed by atoms with Crippen LogP contribution in [0, 0.1) is 0 Å². The van der Waals surface area contributed by atoms with Gasteiger partial charge in [-0.3, -0.25) is 4.90 Å². The van der Waals surface area contributed by atoms with Crippen molar-refractivity contribution in [3.05, 3.63) is 12.0 Å². The molecule has 0 aliphatic carbocycles. The molecule has 0 radical (unpaired) electrons. The molecule has 1 aliphatic heterocycles. The third kappa shape index (κ3) is 2.76. The predicted octanol–water partition coefficient (Wildman–Crippen LogP) is 0.517. The average Bonchev–Trinajstić information content (AvgIpc) is 2.76. The van der Waals surface area contributed by atoms with Crippen LogP contribution in [0.1, 0.15) is 5.76 Å². The van der Waals surface area contributed by atoms with Gasteiger partial charge in [-0.1, -0.05) is 5.16 Å². The highest BCUT2D eigenvalue weighted by Gasteiger charge is 2.13. The van der Waals surface area contributed by atoms with E-state index in [0.717, 1.165) is 32.8 Å². The molecule has 0 N–H and O–H groups in total. The molecular weight excluding hydrogens is 210 g/mol. The molecule has 6 heteroatoms. The number of rotatable bonds is 4. The average molecular weight is 223 g/mol. The molecule has 0 aromatic carbocycles. The Labute approximate surface area is 92.9 Å². The zero-order valence-electron chi connectivity index (χ0n) is 8.89. The number of morpholine rings is 1. The van der Waals surface area contributed by atoms with Crippen LogP contribution in [-0.4, -0.2) is 49.0 Å². The van der Waals surface area contributed by atoms with Crippen LogP contribution in [0.2, 0.25) is 0 Å². The molecule has 86 valence electrons. The van der Waals surface area contributed by atoms with E-state index in [4.69, 9.17) is 9.26 Å². The van der Waals surface area contributed by atoms with Gasteiger partial charge in [-0.15, -0.1) is 0 Å². The molecule has 2 rings (SSSR count). The Kier molecular flexibility index (Phi) is 3.82. The van der Waals surface area contributed by atoms with Gasteiger partial charge in [0.25, 0.3) is 0 Å². The first-order valence-electron chi connectivity index (χ1n) is 5.21. The zero-order valence-corrected chi connectivity index (χ0v) is 8.89. The largest absolute Gasteiger partial charge is 0.379 e. The van der Waals surface area contributed by atoms with Gasteiger partial charge in [0, 0.05) is 26.1 Å². The maximum atomic E-state index is 10.1. The molecule has 1 aromatic heterocycles. The fraction of sp³-hybridized carbons (Fsp3) is 0.600. The standard InChI is InChI=1S/C10H13N3O3/c14-8-11-9-7-12-16-10(9)1-2-13-3-5-15-6-4-13/h7H,1-6H2. The lowest BCUT2D eigenvalue weighted by molar-refractivity contribution is 0.0377. The Morgan fingerprint density at radius 3 is 3.06 bits per heavy atom. The Hall–Kier alpha value is -1.49. The van der Waals surface area contributed by atoms with Crippen LogP contribution in [-0.2, 0) is 16.0 Å². The van der Waals surface area contributed by atoms with E-state index in [2.05, 4.69) is 15.0 Å². The number of nitrogens with zero attached hydrogens (tertiary/aromatic N) is 3. The van der Waals surface area contributed by atoms with Crippen molar-refractivity contribution >= 4 is 11.8 Å². The van der Waals surface area contributed by atoms with Gasteiger partial charge in [0.2, 0.25) is 6.08 Å². The first kappa shape index (κ1) is 11.0. The van der Waals surface area contributed by atoms with Crippen LogP contribution in [0.15, 0.2) is 15.7 Å². The molecule has 1 aliphatic rings. The normalized spacial score (nSPS) is 17.0. The first-order chi connectivity index (χ1) is 7.90. The predicted molar refractivity (Wildman–Crippen MR) is 55.2 cm³/mol. The van der Waals surface area contributed by atoms with E-state index in [1.807, 2.05) is 0 Å². The molecule has 6 nitrogen and oxygen atoms in total. The van der Waals surface area contributed by atoms with Gasteiger partial charge in [0.05, 0.1) is 19.4 Å². The number of ether oxygens (including phenoxy) is 1. The monoisotopic (exact) mass is 223 g/mol. The lowest BCUT2D eigenvalue weighted by Gasteiger charge is -2.25. The second-order valence-corrected chi connectivity index (χ2v) is 3.54. The Morgan fingerprint density at radius 1 is 1.50 bits per heavy atom. The molecule has 0 bridgehead atoms. The van der Waals surface area contributed by atoms with E-state index < -0.39 is 0 Å². The van der Waals surface area contributed by atoms with Crippen LogP contribution in [0.3, 0.4) is 0 Å². The molecule has 1 aromatic rings. The summed E-state index contributed by atoms with van der Waals surface area (Å²) in [5, 5.41) is 3.61. The Bertz CT molecular complexity index is 378. The van der Waals surface area contributed by atoms with Gasteiger partial charge in [0.1, 0.15) is 5.69 Å². The zero-order chi connectivity index (χ0) is 11.2. The van der Waals surface area contributed by atoms with E-state index in [-0.39, 0.29) is 0 Å². The van der Waals surface area contributed by atoms with Crippen molar-refractivity contribution in [2.45, 2.75) is 6.42 Å². The molecule has 0 atom stereocenters. The van der Waals surface area contributed by atoms with Gasteiger partial charge < -0.3 is 9.26 Å². The van der Waals surface area contributed by atoms with Crippen molar-refractivity contribution in [3.63, 3.8) is 0 Å². The van der Waals surface area contributed by atoms with Gasteiger partial charge >= 0.3 is 0 Å². The summed E-state index contributed by atoms with van der Waals surface area (Å²) in [6, 6.07) is 0. The van der Waals surface area contributed by atoms with Crippen molar-refractivity contribution in [2.24, 2.45) is 4.99 Å². The van der Waals surface area contributed by atoms with E-state index >= 15 is 0 Å². The number of carbonyl (C=O) groups excluding carboxylic acids is 1. The van der Waals surface area contributed by atoms with Crippen LogP contribution in [0.5, 0.6) is 0 Å². The van der Waals surface area contributed by atoms with E-state index in [1.54, 1.807) is 0 Å². The Morgan fingerprint density at radius 2 is 2.31 bits per heavy atom. The minimum absolute atomic E-state index is 0.475. The summed E-state index contributed by atoms with van der Waals surface area (Å²) < 4.78 is 10.3.